The molecule has 0 spiro atoms. The second-order valence-corrected chi connectivity index (χ2v) is 6.39. The fourth-order valence-corrected chi connectivity index (χ4v) is 2.80. The number of anilines is 1. The number of nitrogens with one attached hydrogen (secondary N) is 2. The van der Waals surface area contributed by atoms with Gasteiger partial charge in [0.15, 0.2) is 0 Å². The predicted octanol–water partition coefficient (Wildman–Crippen LogP) is 3.75. The smallest absolute Gasteiger partial charge is 0.278 e. The summed E-state index contributed by atoms with van der Waals surface area (Å²) in [5.41, 5.74) is 1.81. The molecule has 0 radical (unpaired) electrons. The first-order valence-corrected chi connectivity index (χ1v) is 8.65. The van der Waals surface area contributed by atoms with Gasteiger partial charge in [0.05, 0.1) is 16.0 Å². The highest BCUT2D eigenvalue weighted by Crippen LogP contribution is 2.29. The standard InChI is InChI=1S/C18H15BrN4O3/c19-13-5-3-12(4-6-13)18(24)22-11-10-20-15-7-8-16(23(25)26)14-2-1-9-21-17(14)15/h1-9,20H,10-11H2,(H,22,24). The van der Waals surface area contributed by atoms with Crippen LogP contribution >= 0.6 is 15.9 Å². The molecule has 1 amide bonds. The SMILES string of the molecule is O=C(NCCNc1ccc([N+](=O)[O-])c2cccnc12)c1ccc(Br)cc1. The van der Waals surface area contributed by atoms with Gasteiger partial charge < -0.3 is 10.6 Å². The van der Waals surface area contributed by atoms with E-state index in [1.165, 1.54) is 6.07 Å². The molecule has 0 atom stereocenters. The highest BCUT2D eigenvalue weighted by Gasteiger charge is 2.14. The number of amides is 1. The van der Waals surface area contributed by atoms with Gasteiger partial charge in [0, 0.05) is 35.4 Å². The monoisotopic (exact) mass is 414 g/mol. The van der Waals surface area contributed by atoms with Gasteiger partial charge in [0.25, 0.3) is 11.6 Å². The lowest BCUT2D eigenvalue weighted by atomic mass is 10.1. The summed E-state index contributed by atoms with van der Waals surface area (Å²) in [6, 6.07) is 13.5. The molecule has 3 rings (SSSR count). The minimum absolute atomic E-state index is 0.0159. The van der Waals surface area contributed by atoms with E-state index in [9.17, 15) is 14.9 Å². The summed E-state index contributed by atoms with van der Waals surface area (Å²) >= 11 is 3.33. The summed E-state index contributed by atoms with van der Waals surface area (Å²) in [7, 11) is 0. The summed E-state index contributed by atoms with van der Waals surface area (Å²) < 4.78 is 0.910. The second kappa shape index (κ2) is 7.92. The number of aromatic nitrogens is 1. The normalized spacial score (nSPS) is 10.5. The molecule has 2 N–H and O–H groups in total. The van der Waals surface area contributed by atoms with Crippen molar-refractivity contribution in [2.75, 3.05) is 18.4 Å². The lowest BCUT2D eigenvalue weighted by Gasteiger charge is -2.10. The van der Waals surface area contributed by atoms with Crippen molar-refractivity contribution >= 4 is 44.1 Å². The number of nitrogens with zero attached hydrogens (tertiary/aromatic N) is 2. The van der Waals surface area contributed by atoms with E-state index < -0.39 is 4.92 Å². The van der Waals surface area contributed by atoms with Crippen LogP contribution in [0, 0.1) is 10.1 Å². The number of nitro benzene ring substituents is 1. The number of benzene rings is 2. The molecule has 7 nitrogen and oxygen atoms in total. The molecular weight excluding hydrogens is 400 g/mol. The van der Waals surface area contributed by atoms with Crippen molar-refractivity contribution in [2.45, 2.75) is 0 Å². The van der Waals surface area contributed by atoms with Crippen LogP contribution in [0.2, 0.25) is 0 Å². The third-order valence-electron chi connectivity index (χ3n) is 3.78. The summed E-state index contributed by atoms with van der Waals surface area (Å²) in [5, 5.41) is 17.6. The van der Waals surface area contributed by atoms with Crippen LogP contribution in [0.1, 0.15) is 10.4 Å². The van der Waals surface area contributed by atoms with Crippen molar-refractivity contribution in [3.8, 4) is 0 Å². The van der Waals surface area contributed by atoms with Crippen molar-refractivity contribution < 1.29 is 9.72 Å². The summed E-state index contributed by atoms with van der Waals surface area (Å²) in [4.78, 5) is 27.0. The third-order valence-corrected chi connectivity index (χ3v) is 4.30. The summed E-state index contributed by atoms with van der Waals surface area (Å²) in [6.45, 7) is 0.867. The maximum atomic E-state index is 12.1. The number of hydrogen-bond donors (Lipinski definition) is 2. The second-order valence-electron chi connectivity index (χ2n) is 5.48. The number of halogens is 1. The van der Waals surface area contributed by atoms with Crippen LogP contribution in [0.25, 0.3) is 10.9 Å². The molecule has 132 valence electrons. The van der Waals surface area contributed by atoms with E-state index >= 15 is 0 Å². The number of hydrogen-bond acceptors (Lipinski definition) is 5. The summed E-state index contributed by atoms with van der Waals surface area (Å²) in [6.07, 6.45) is 1.59. The number of non-ortho nitro benzene ring substituents is 1. The Kier molecular flexibility index (Phi) is 5.43. The van der Waals surface area contributed by atoms with Gasteiger partial charge in [0.2, 0.25) is 0 Å². The molecular formula is C18H15BrN4O3. The molecule has 0 aliphatic rings. The number of rotatable bonds is 6. The van der Waals surface area contributed by atoms with Gasteiger partial charge in [-0.05, 0) is 42.5 Å². The van der Waals surface area contributed by atoms with E-state index in [0.717, 1.165) is 4.47 Å². The Hall–Kier alpha value is -3.00. The van der Waals surface area contributed by atoms with Gasteiger partial charge in [-0.1, -0.05) is 15.9 Å². The van der Waals surface area contributed by atoms with Crippen molar-refractivity contribution in [2.24, 2.45) is 0 Å². The molecule has 3 aromatic rings. The van der Waals surface area contributed by atoms with E-state index in [-0.39, 0.29) is 11.6 Å². The van der Waals surface area contributed by atoms with E-state index in [2.05, 4.69) is 31.5 Å². The zero-order valence-corrected chi connectivity index (χ0v) is 15.2. The van der Waals surface area contributed by atoms with Gasteiger partial charge in [-0.2, -0.15) is 0 Å². The molecule has 1 heterocycles. The highest BCUT2D eigenvalue weighted by atomic mass is 79.9. The maximum absolute atomic E-state index is 12.1. The fourth-order valence-electron chi connectivity index (χ4n) is 2.54. The molecule has 0 saturated heterocycles. The molecule has 0 unspecified atom stereocenters. The van der Waals surface area contributed by atoms with Crippen molar-refractivity contribution in [3.63, 3.8) is 0 Å². The van der Waals surface area contributed by atoms with E-state index in [1.54, 1.807) is 36.5 Å². The molecule has 26 heavy (non-hydrogen) atoms. The molecule has 8 heteroatoms. The first-order chi connectivity index (χ1) is 12.6. The van der Waals surface area contributed by atoms with Gasteiger partial charge in [0.1, 0.15) is 5.52 Å². The molecule has 0 aliphatic carbocycles. The zero-order valence-electron chi connectivity index (χ0n) is 13.6. The predicted molar refractivity (Wildman–Crippen MR) is 103 cm³/mol. The topological polar surface area (TPSA) is 97.2 Å². The van der Waals surface area contributed by atoms with Crippen LogP contribution in [0.3, 0.4) is 0 Å². The minimum atomic E-state index is -0.424. The Morgan fingerprint density at radius 2 is 1.88 bits per heavy atom. The van der Waals surface area contributed by atoms with Crippen LogP contribution in [-0.4, -0.2) is 28.9 Å². The highest BCUT2D eigenvalue weighted by molar-refractivity contribution is 9.10. The molecule has 0 bridgehead atoms. The number of carbonyl (C=O) groups excluding carboxylic acids is 1. The first kappa shape index (κ1) is 17.8. The Labute approximate surface area is 157 Å². The van der Waals surface area contributed by atoms with Gasteiger partial charge in [-0.3, -0.25) is 19.9 Å². The molecule has 2 aromatic carbocycles. The molecule has 0 fully saturated rings. The Bertz CT molecular complexity index is 960. The average molecular weight is 415 g/mol. The van der Waals surface area contributed by atoms with E-state index in [4.69, 9.17) is 0 Å². The van der Waals surface area contributed by atoms with Gasteiger partial charge in [-0.15, -0.1) is 0 Å². The Morgan fingerprint density at radius 3 is 2.62 bits per heavy atom. The van der Waals surface area contributed by atoms with Crippen LogP contribution in [-0.2, 0) is 0 Å². The van der Waals surface area contributed by atoms with E-state index in [1.807, 2.05) is 12.1 Å². The maximum Gasteiger partial charge on any atom is 0.278 e. The average Bonchev–Trinajstić information content (AvgIpc) is 2.65. The van der Waals surface area contributed by atoms with Gasteiger partial charge >= 0.3 is 0 Å². The lowest BCUT2D eigenvalue weighted by molar-refractivity contribution is -0.383. The van der Waals surface area contributed by atoms with Crippen LogP contribution in [0.4, 0.5) is 11.4 Å². The van der Waals surface area contributed by atoms with Crippen LogP contribution in [0.15, 0.2) is 59.2 Å². The van der Waals surface area contributed by atoms with Crippen molar-refractivity contribution in [1.29, 1.82) is 0 Å². The van der Waals surface area contributed by atoms with Crippen LogP contribution in [0.5, 0.6) is 0 Å². The number of pyridine rings is 1. The zero-order chi connectivity index (χ0) is 18.5. The number of nitro groups is 1. The van der Waals surface area contributed by atoms with E-state index in [0.29, 0.717) is 35.2 Å². The van der Waals surface area contributed by atoms with Crippen LogP contribution < -0.4 is 10.6 Å². The number of fused-ring (bicyclic) bond motifs is 1. The lowest BCUT2D eigenvalue weighted by Crippen LogP contribution is -2.28. The Balaban J connectivity index is 1.63. The summed E-state index contributed by atoms with van der Waals surface area (Å²) in [5.74, 6) is -0.161. The van der Waals surface area contributed by atoms with Gasteiger partial charge in [-0.25, -0.2) is 0 Å². The third kappa shape index (κ3) is 3.97. The molecule has 0 aliphatic heterocycles. The Morgan fingerprint density at radius 1 is 1.12 bits per heavy atom. The fraction of sp³-hybridized carbons (Fsp3) is 0.111. The minimum Gasteiger partial charge on any atom is -0.382 e. The van der Waals surface area contributed by atoms with Crippen molar-refractivity contribution in [1.82, 2.24) is 10.3 Å². The molecule has 0 saturated carbocycles. The first-order valence-electron chi connectivity index (χ1n) is 7.86. The van der Waals surface area contributed by atoms with Crippen molar-refractivity contribution in [3.05, 3.63) is 74.9 Å². The quantitative estimate of drug-likeness (QED) is 0.363. The largest absolute Gasteiger partial charge is 0.382 e. The molecule has 1 aromatic heterocycles. The number of carbonyl (C=O) groups is 1.